The predicted octanol–water partition coefficient (Wildman–Crippen LogP) is 3.64. The van der Waals surface area contributed by atoms with Gasteiger partial charge < -0.3 is 15.5 Å². The van der Waals surface area contributed by atoms with E-state index in [0.29, 0.717) is 6.04 Å². The van der Waals surface area contributed by atoms with Gasteiger partial charge in [0.25, 0.3) is 0 Å². The Balaban J connectivity index is 1.92. The van der Waals surface area contributed by atoms with Gasteiger partial charge >= 0.3 is 0 Å². The minimum absolute atomic E-state index is 0.601. The van der Waals surface area contributed by atoms with Crippen molar-refractivity contribution in [2.75, 3.05) is 32.7 Å². The fourth-order valence-electron chi connectivity index (χ4n) is 3.24. The summed E-state index contributed by atoms with van der Waals surface area (Å²) >= 11 is 0. The number of likely N-dealkylation sites (tertiary alicyclic amines) is 1. The molecule has 1 aliphatic rings. The average Bonchev–Trinajstić information content (AvgIpc) is 2.48. The summed E-state index contributed by atoms with van der Waals surface area (Å²) in [5.74, 6) is 0.877. The summed E-state index contributed by atoms with van der Waals surface area (Å²) in [6, 6.07) is 1.35. The molecule has 22 heavy (non-hydrogen) atoms. The highest BCUT2D eigenvalue weighted by molar-refractivity contribution is 4.77. The highest BCUT2D eigenvalue weighted by Gasteiger charge is 2.17. The summed E-state index contributed by atoms with van der Waals surface area (Å²) < 4.78 is 0. The third kappa shape index (κ3) is 10.6. The molecule has 0 bridgehead atoms. The lowest BCUT2D eigenvalue weighted by Gasteiger charge is -2.32. The van der Waals surface area contributed by atoms with Gasteiger partial charge in [-0.1, -0.05) is 53.4 Å². The second-order valence-electron chi connectivity index (χ2n) is 7.78. The van der Waals surface area contributed by atoms with Gasteiger partial charge in [-0.25, -0.2) is 0 Å². The molecule has 0 spiro atoms. The van der Waals surface area contributed by atoms with E-state index in [1.54, 1.807) is 0 Å². The number of nitrogens with one attached hydrogen (secondary N) is 2. The Morgan fingerprint density at radius 1 is 0.909 bits per heavy atom. The van der Waals surface area contributed by atoms with Crippen molar-refractivity contribution in [3.05, 3.63) is 0 Å². The molecule has 0 amide bonds. The number of nitrogens with zero attached hydrogens (tertiary/aromatic N) is 1. The van der Waals surface area contributed by atoms with E-state index >= 15 is 0 Å². The maximum Gasteiger partial charge on any atom is 0.00919 e. The molecule has 3 heteroatoms. The Bertz CT molecular complexity index is 245. The van der Waals surface area contributed by atoms with Gasteiger partial charge in [0.1, 0.15) is 0 Å². The molecule has 1 aliphatic heterocycles. The van der Waals surface area contributed by atoms with Crippen molar-refractivity contribution in [2.45, 2.75) is 84.7 Å². The lowest BCUT2D eigenvalue weighted by atomic mass is 10.0. The second kappa shape index (κ2) is 12.3. The molecule has 1 saturated heterocycles. The van der Waals surface area contributed by atoms with Gasteiger partial charge in [-0.05, 0) is 44.8 Å². The van der Waals surface area contributed by atoms with Gasteiger partial charge in [0, 0.05) is 25.2 Å². The second-order valence-corrected chi connectivity index (χ2v) is 7.78. The zero-order valence-electron chi connectivity index (χ0n) is 15.7. The summed E-state index contributed by atoms with van der Waals surface area (Å²) in [6.07, 6.45) is 9.74. The SMILES string of the molecule is CC(C)CCCCCCN1CCC(NCCNC(C)C)CC1. The predicted molar refractivity (Wildman–Crippen MR) is 98.5 cm³/mol. The van der Waals surface area contributed by atoms with E-state index in [4.69, 9.17) is 0 Å². The first-order valence-corrected chi connectivity index (χ1v) is 9.77. The van der Waals surface area contributed by atoms with Crippen LogP contribution in [-0.2, 0) is 0 Å². The maximum atomic E-state index is 3.70. The van der Waals surface area contributed by atoms with Crippen molar-refractivity contribution >= 4 is 0 Å². The van der Waals surface area contributed by atoms with Gasteiger partial charge in [-0.2, -0.15) is 0 Å². The van der Waals surface area contributed by atoms with Gasteiger partial charge in [0.15, 0.2) is 0 Å². The van der Waals surface area contributed by atoms with Gasteiger partial charge in [-0.15, -0.1) is 0 Å². The van der Waals surface area contributed by atoms with Crippen LogP contribution in [0.2, 0.25) is 0 Å². The number of piperidine rings is 1. The average molecular weight is 312 g/mol. The van der Waals surface area contributed by atoms with Crippen LogP contribution < -0.4 is 10.6 Å². The van der Waals surface area contributed by atoms with E-state index in [0.717, 1.165) is 25.0 Å². The molecule has 0 atom stereocenters. The van der Waals surface area contributed by atoms with E-state index in [1.165, 1.54) is 64.6 Å². The van der Waals surface area contributed by atoms with Crippen molar-refractivity contribution in [2.24, 2.45) is 5.92 Å². The van der Waals surface area contributed by atoms with Crippen LogP contribution in [0.5, 0.6) is 0 Å². The first kappa shape index (κ1) is 19.9. The van der Waals surface area contributed by atoms with Crippen LogP contribution in [0.25, 0.3) is 0 Å². The molecule has 1 fully saturated rings. The molecule has 0 aromatic heterocycles. The van der Waals surface area contributed by atoms with Crippen LogP contribution in [0.15, 0.2) is 0 Å². The normalized spacial score (nSPS) is 17.7. The van der Waals surface area contributed by atoms with E-state index in [1.807, 2.05) is 0 Å². The minimum atomic E-state index is 0.601. The lowest BCUT2D eigenvalue weighted by molar-refractivity contribution is 0.194. The molecule has 0 radical (unpaired) electrons. The first-order chi connectivity index (χ1) is 10.6. The van der Waals surface area contributed by atoms with Crippen LogP contribution in [0.4, 0.5) is 0 Å². The Hall–Kier alpha value is -0.120. The van der Waals surface area contributed by atoms with Crippen LogP contribution in [0.1, 0.15) is 72.6 Å². The zero-order chi connectivity index (χ0) is 16.2. The van der Waals surface area contributed by atoms with Crippen LogP contribution in [-0.4, -0.2) is 49.7 Å². The van der Waals surface area contributed by atoms with Crippen molar-refractivity contribution < 1.29 is 0 Å². The molecular formula is C19H41N3. The number of hydrogen-bond donors (Lipinski definition) is 2. The van der Waals surface area contributed by atoms with Gasteiger partial charge in [0.05, 0.1) is 0 Å². The molecule has 0 aromatic rings. The molecule has 2 N–H and O–H groups in total. The summed E-state index contributed by atoms with van der Waals surface area (Å²) in [4.78, 5) is 2.67. The highest BCUT2D eigenvalue weighted by atomic mass is 15.1. The third-order valence-corrected chi connectivity index (χ3v) is 4.70. The Labute approximate surface area is 139 Å². The molecular weight excluding hydrogens is 270 g/mol. The van der Waals surface area contributed by atoms with E-state index < -0.39 is 0 Å². The van der Waals surface area contributed by atoms with E-state index in [2.05, 4.69) is 43.2 Å². The largest absolute Gasteiger partial charge is 0.313 e. The minimum Gasteiger partial charge on any atom is -0.313 e. The highest BCUT2D eigenvalue weighted by Crippen LogP contribution is 2.13. The van der Waals surface area contributed by atoms with Gasteiger partial charge in [-0.3, -0.25) is 0 Å². The maximum absolute atomic E-state index is 3.70. The summed E-state index contributed by atoms with van der Waals surface area (Å²) in [6.45, 7) is 15.2. The molecule has 0 aromatic carbocycles. The van der Waals surface area contributed by atoms with E-state index in [9.17, 15) is 0 Å². The Morgan fingerprint density at radius 2 is 1.59 bits per heavy atom. The van der Waals surface area contributed by atoms with Crippen molar-refractivity contribution in [1.82, 2.24) is 15.5 Å². The van der Waals surface area contributed by atoms with Gasteiger partial charge in [0.2, 0.25) is 0 Å². The topological polar surface area (TPSA) is 27.3 Å². The van der Waals surface area contributed by atoms with Crippen LogP contribution >= 0.6 is 0 Å². The fraction of sp³-hybridized carbons (Fsp3) is 1.00. The number of hydrogen-bond acceptors (Lipinski definition) is 3. The van der Waals surface area contributed by atoms with E-state index in [-0.39, 0.29) is 0 Å². The Kier molecular flexibility index (Phi) is 11.2. The smallest absolute Gasteiger partial charge is 0.00919 e. The fourth-order valence-corrected chi connectivity index (χ4v) is 3.24. The lowest BCUT2D eigenvalue weighted by Crippen LogP contribution is -2.44. The molecule has 1 heterocycles. The monoisotopic (exact) mass is 311 g/mol. The Morgan fingerprint density at radius 3 is 2.23 bits per heavy atom. The number of unbranched alkanes of at least 4 members (excludes halogenated alkanes) is 3. The molecule has 0 saturated carbocycles. The summed E-state index contributed by atoms with van der Waals surface area (Å²) in [7, 11) is 0. The molecule has 132 valence electrons. The summed E-state index contributed by atoms with van der Waals surface area (Å²) in [5.41, 5.74) is 0. The quantitative estimate of drug-likeness (QED) is 0.539. The molecule has 3 nitrogen and oxygen atoms in total. The zero-order valence-corrected chi connectivity index (χ0v) is 15.7. The van der Waals surface area contributed by atoms with Crippen molar-refractivity contribution in [3.8, 4) is 0 Å². The molecule has 1 rings (SSSR count). The third-order valence-electron chi connectivity index (χ3n) is 4.70. The van der Waals surface area contributed by atoms with Crippen molar-refractivity contribution in [1.29, 1.82) is 0 Å². The molecule has 0 unspecified atom stereocenters. The van der Waals surface area contributed by atoms with Crippen LogP contribution in [0, 0.1) is 5.92 Å². The summed E-state index contributed by atoms with van der Waals surface area (Å²) in [5, 5.41) is 7.18. The van der Waals surface area contributed by atoms with Crippen LogP contribution in [0.3, 0.4) is 0 Å². The first-order valence-electron chi connectivity index (χ1n) is 9.77. The standard InChI is InChI=1S/C19H41N3/c1-17(2)9-7-5-6-8-14-22-15-10-19(11-16-22)21-13-12-20-18(3)4/h17-21H,5-16H2,1-4H3. The number of rotatable bonds is 12. The van der Waals surface area contributed by atoms with Crippen molar-refractivity contribution in [3.63, 3.8) is 0 Å². The molecule has 0 aliphatic carbocycles.